The Morgan fingerprint density at radius 1 is 1.00 bits per heavy atom. The van der Waals surface area contributed by atoms with Crippen LogP contribution in [-0.2, 0) is 0 Å². The number of hydrogen-bond donors (Lipinski definition) is 2. The molecule has 0 aliphatic carbocycles. The lowest BCUT2D eigenvalue weighted by molar-refractivity contribution is -0.267. The molecule has 0 aliphatic heterocycles. The number of benzene rings is 2. The number of nitrogens with one attached hydrogen (secondary N) is 1. The van der Waals surface area contributed by atoms with Crippen LogP contribution in [0.2, 0.25) is 0 Å². The monoisotopic (exact) mass is 256 g/mol. The fraction of sp³-hybridized carbons (Fsp3) is 0. The van der Waals surface area contributed by atoms with Crippen LogP contribution < -0.4 is 10.4 Å². The summed E-state index contributed by atoms with van der Waals surface area (Å²) in [5.74, 6) is -2.05. The average molecular weight is 256 g/mol. The SMILES string of the molecule is O=C(O)c1ccc([O-])c(NC(=O)c2ccccc2)c1. The second-order valence-electron chi connectivity index (χ2n) is 3.84. The van der Waals surface area contributed by atoms with E-state index in [1.807, 2.05) is 0 Å². The van der Waals surface area contributed by atoms with Gasteiger partial charge in [-0.15, -0.1) is 0 Å². The summed E-state index contributed by atoms with van der Waals surface area (Å²) in [4.78, 5) is 22.7. The predicted octanol–water partition coefficient (Wildman–Crippen LogP) is 1.71. The molecule has 0 spiro atoms. The van der Waals surface area contributed by atoms with E-state index in [2.05, 4.69) is 5.32 Å². The number of rotatable bonds is 3. The van der Waals surface area contributed by atoms with Crippen LogP contribution in [0.5, 0.6) is 5.75 Å². The molecule has 0 unspecified atom stereocenters. The van der Waals surface area contributed by atoms with E-state index < -0.39 is 17.6 Å². The average Bonchev–Trinajstić information content (AvgIpc) is 2.42. The molecule has 0 saturated carbocycles. The Kier molecular flexibility index (Phi) is 3.47. The van der Waals surface area contributed by atoms with E-state index in [9.17, 15) is 14.7 Å². The Balaban J connectivity index is 2.26. The van der Waals surface area contributed by atoms with Gasteiger partial charge in [0.2, 0.25) is 0 Å². The van der Waals surface area contributed by atoms with Crippen molar-refractivity contribution in [3.63, 3.8) is 0 Å². The van der Waals surface area contributed by atoms with Gasteiger partial charge in [0.1, 0.15) is 0 Å². The molecule has 0 aliphatic rings. The van der Waals surface area contributed by atoms with Gasteiger partial charge in [0.25, 0.3) is 5.91 Å². The molecule has 2 aromatic carbocycles. The van der Waals surface area contributed by atoms with E-state index in [1.54, 1.807) is 30.3 Å². The van der Waals surface area contributed by atoms with Gasteiger partial charge in [-0.2, -0.15) is 0 Å². The first-order valence-electron chi connectivity index (χ1n) is 5.48. The summed E-state index contributed by atoms with van der Waals surface area (Å²) < 4.78 is 0. The molecule has 5 heteroatoms. The molecular formula is C14H10NO4-. The number of carbonyl (C=O) groups excluding carboxylic acids is 1. The quantitative estimate of drug-likeness (QED) is 0.874. The summed E-state index contributed by atoms with van der Waals surface area (Å²) >= 11 is 0. The van der Waals surface area contributed by atoms with Gasteiger partial charge in [-0.1, -0.05) is 30.0 Å². The Morgan fingerprint density at radius 2 is 1.68 bits per heavy atom. The normalized spacial score (nSPS) is 9.89. The Bertz CT molecular complexity index is 623. The lowest BCUT2D eigenvalue weighted by Gasteiger charge is -2.15. The number of hydrogen-bond acceptors (Lipinski definition) is 3. The van der Waals surface area contributed by atoms with Crippen LogP contribution in [0.15, 0.2) is 48.5 Å². The highest BCUT2D eigenvalue weighted by molar-refractivity contribution is 6.05. The predicted molar refractivity (Wildman–Crippen MR) is 67.2 cm³/mol. The highest BCUT2D eigenvalue weighted by atomic mass is 16.4. The Hall–Kier alpha value is -2.82. The third-order valence-corrected chi connectivity index (χ3v) is 2.51. The summed E-state index contributed by atoms with van der Waals surface area (Å²) in [7, 11) is 0. The van der Waals surface area contributed by atoms with Crippen molar-refractivity contribution in [3.05, 3.63) is 59.7 Å². The second-order valence-corrected chi connectivity index (χ2v) is 3.84. The third kappa shape index (κ3) is 2.90. The number of amides is 1. The second kappa shape index (κ2) is 5.22. The topological polar surface area (TPSA) is 89.5 Å². The number of carbonyl (C=O) groups is 2. The van der Waals surface area contributed by atoms with Gasteiger partial charge < -0.3 is 15.5 Å². The van der Waals surface area contributed by atoms with Crippen molar-refractivity contribution in [2.45, 2.75) is 0 Å². The standard InChI is InChI=1S/C14H11NO4/c16-12-7-6-10(14(18)19)8-11(12)15-13(17)9-4-2-1-3-5-9/h1-8,16H,(H,15,17)(H,18,19)/p-1. The van der Waals surface area contributed by atoms with Crippen LogP contribution in [0, 0.1) is 0 Å². The highest BCUT2D eigenvalue weighted by Crippen LogP contribution is 2.22. The molecule has 5 nitrogen and oxygen atoms in total. The fourth-order valence-corrected chi connectivity index (χ4v) is 1.54. The zero-order valence-corrected chi connectivity index (χ0v) is 9.79. The van der Waals surface area contributed by atoms with Gasteiger partial charge in [-0.05, 0) is 24.3 Å². The molecule has 1 amide bonds. The molecule has 0 atom stereocenters. The number of aromatic carboxylic acids is 1. The molecule has 0 radical (unpaired) electrons. The van der Waals surface area contributed by atoms with Crippen LogP contribution in [-0.4, -0.2) is 17.0 Å². The van der Waals surface area contributed by atoms with Crippen LogP contribution in [0.1, 0.15) is 20.7 Å². The first-order valence-corrected chi connectivity index (χ1v) is 5.48. The number of carboxylic acids is 1. The van der Waals surface area contributed by atoms with Gasteiger partial charge >= 0.3 is 5.97 Å². The van der Waals surface area contributed by atoms with Crippen molar-refractivity contribution in [1.82, 2.24) is 0 Å². The van der Waals surface area contributed by atoms with E-state index in [4.69, 9.17) is 5.11 Å². The van der Waals surface area contributed by atoms with Crippen LogP contribution in [0.25, 0.3) is 0 Å². The maximum absolute atomic E-state index is 11.9. The maximum Gasteiger partial charge on any atom is 0.335 e. The van der Waals surface area contributed by atoms with Crippen molar-refractivity contribution in [3.8, 4) is 5.75 Å². The molecule has 0 heterocycles. The van der Waals surface area contributed by atoms with Gasteiger partial charge in [0.15, 0.2) is 0 Å². The molecule has 96 valence electrons. The fourth-order valence-electron chi connectivity index (χ4n) is 1.54. The van der Waals surface area contributed by atoms with Gasteiger partial charge in [0, 0.05) is 11.3 Å². The molecule has 0 saturated heterocycles. The third-order valence-electron chi connectivity index (χ3n) is 2.51. The molecule has 2 aromatic rings. The van der Waals surface area contributed by atoms with Gasteiger partial charge in [-0.25, -0.2) is 4.79 Å². The van der Waals surface area contributed by atoms with E-state index in [-0.39, 0.29) is 11.3 Å². The van der Waals surface area contributed by atoms with Crippen molar-refractivity contribution in [1.29, 1.82) is 0 Å². The zero-order chi connectivity index (χ0) is 13.8. The lowest BCUT2D eigenvalue weighted by atomic mass is 10.1. The summed E-state index contributed by atoms with van der Waals surface area (Å²) in [6.07, 6.45) is 0. The number of carboxylic acid groups (broad SMARTS) is 1. The Morgan fingerprint density at radius 3 is 2.32 bits per heavy atom. The minimum atomic E-state index is -1.16. The molecule has 0 bridgehead atoms. The van der Waals surface area contributed by atoms with Crippen molar-refractivity contribution in [2.75, 3.05) is 5.32 Å². The summed E-state index contributed by atoms with van der Waals surface area (Å²) in [5.41, 5.74) is 0.291. The first kappa shape index (κ1) is 12.6. The largest absolute Gasteiger partial charge is 0.871 e. The van der Waals surface area contributed by atoms with Crippen molar-refractivity contribution in [2.24, 2.45) is 0 Å². The molecule has 0 aromatic heterocycles. The van der Waals surface area contributed by atoms with E-state index in [0.29, 0.717) is 5.56 Å². The Labute approximate surface area is 109 Å². The zero-order valence-electron chi connectivity index (χ0n) is 9.79. The van der Waals surface area contributed by atoms with Crippen LogP contribution in [0.4, 0.5) is 5.69 Å². The molecule has 19 heavy (non-hydrogen) atoms. The maximum atomic E-state index is 11.9. The van der Waals surface area contributed by atoms with E-state index in [0.717, 1.165) is 12.1 Å². The lowest BCUT2D eigenvalue weighted by Crippen LogP contribution is -2.14. The first-order chi connectivity index (χ1) is 9.08. The minimum Gasteiger partial charge on any atom is -0.871 e. The van der Waals surface area contributed by atoms with Gasteiger partial charge in [-0.3, -0.25) is 4.79 Å². The van der Waals surface area contributed by atoms with Crippen molar-refractivity contribution >= 4 is 17.6 Å². The molecular weight excluding hydrogens is 246 g/mol. The van der Waals surface area contributed by atoms with E-state index >= 15 is 0 Å². The van der Waals surface area contributed by atoms with Crippen LogP contribution >= 0.6 is 0 Å². The number of anilines is 1. The summed E-state index contributed by atoms with van der Waals surface area (Å²) in [6.45, 7) is 0. The van der Waals surface area contributed by atoms with E-state index in [1.165, 1.54) is 6.07 Å². The minimum absolute atomic E-state index is 0.0475. The molecule has 2 N–H and O–H groups in total. The van der Waals surface area contributed by atoms with Crippen LogP contribution in [0.3, 0.4) is 0 Å². The molecule has 2 rings (SSSR count). The summed E-state index contributed by atoms with van der Waals surface area (Å²) in [6, 6.07) is 11.8. The smallest absolute Gasteiger partial charge is 0.335 e. The molecule has 0 fully saturated rings. The highest BCUT2D eigenvalue weighted by Gasteiger charge is 2.08. The van der Waals surface area contributed by atoms with Crippen molar-refractivity contribution < 1.29 is 19.8 Å². The summed E-state index contributed by atoms with van der Waals surface area (Å²) in [5, 5.41) is 22.8. The van der Waals surface area contributed by atoms with Gasteiger partial charge in [0.05, 0.1) is 5.56 Å².